The van der Waals surface area contributed by atoms with Crippen molar-refractivity contribution in [3.05, 3.63) is 33.8 Å². The molecular formula is C11H13ClNO4PS2. The molecule has 5 nitrogen and oxygen atoms in total. The molecule has 0 aliphatic carbocycles. The van der Waals surface area contributed by atoms with Crippen molar-refractivity contribution >= 4 is 51.8 Å². The summed E-state index contributed by atoms with van der Waals surface area (Å²) in [5.74, 6) is -0.527. The van der Waals surface area contributed by atoms with Crippen LogP contribution in [0.2, 0.25) is 5.02 Å². The monoisotopic (exact) mass is 353 g/mol. The summed E-state index contributed by atoms with van der Waals surface area (Å²) in [6.45, 7) is 4.49. The first-order valence-corrected chi connectivity index (χ1v) is 10.3. The first kappa shape index (κ1) is 16.1. The van der Waals surface area contributed by atoms with Crippen LogP contribution in [0.3, 0.4) is 0 Å². The van der Waals surface area contributed by atoms with Gasteiger partial charge in [0.25, 0.3) is 5.69 Å². The maximum absolute atomic E-state index is 11.9. The van der Waals surface area contributed by atoms with E-state index in [2.05, 4.69) is 0 Å². The Morgan fingerprint density at radius 3 is 2.65 bits per heavy atom. The molecule has 2 rings (SSSR count). The van der Waals surface area contributed by atoms with Crippen molar-refractivity contribution in [2.24, 2.45) is 0 Å². The smallest absolute Gasteiger partial charge is 0.407 e. The molecule has 1 aromatic heterocycles. The minimum atomic E-state index is -2.63. The van der Waals surface area contributed by atoms with Crippen LogP contribution >= 0.6 is 28.9 Å². The van der Waals surface area contributed by atoms with Gasteiger partial charge in [-0.1, -0.05) is 11.6 Å². The third kappa shape index (κ3) is 3.47. The summed E-state index contributed by atoms with van der Waals surface area (Å²) in [4.78, 5) is 11.9. The Hall–Kier alpha value is -0.300. The molecule has 2 aromatic rings. The molecule has 0 bridgehead atoms. The number of aromatic nitrogens is 1. The first-order chi connectivity index (χ1) is 9.49. The molecule has 0 saturated heterocycles. The fourth-order valence-electron chi connectivity index (χ4n) is 1.55. The van der Waals surface area contributed by atoms with Crippen LogP contribution in [0.4, 0.5) is 0 Å². The molecular weight excluding hydrogens is 341 g/mol. The lowest BCUT2D eigenvalue weighted by molar-refractivity contribution is 0.280. The van der Waals surface area contributed by atoms with E-state index in [0.29, 0.717) is 29.3 Å². The number of nitrogens with zero attached hydrogens (tertiary/aromatic N) is 1. The van der Waals surface area contributed by atoms with Gasteiger partial charge in [0, 0.05) is 11.1 Å². The minimum absolute atomic E-state index is 0.407. The van der Waals surface area contributed by atoms with Gasteiger partial charge < -0.3 is 13.5 Å². The van der Waals surface area contributed by atoms with Gasteiger partial charge in [0.05, 0.1) is 24.8 Å². The first-order valence-electron chi connectivity index (χ1n) is 5.89. The lowest BCUT2D eigenvalue weighted by atomic mass is 10.3. The molecule has 1 aromatic carbocycles. The van der Waals surface area contributed by atoms with Crippen molar-refractivity contribution in [3.8, 4) is 0 Å². The van der Waals surface area contributed by atoms with Gasteiger partial charge >= 0.3 is 5.76 Å². The Balaban J connectivity index is 2.44. The second kappa shape index (κ2) is 6.64. The molecule has 0 saturated carbocycles. The van der Waals surface area contributed by atoms with Crippen LogP contribution in [0.25, 0.3) is 11.1 Å². The zero-order valence-corrected chi connectivity index (χ0v) is 14.2. The lowest BCUT2D eigenvalue weighted by Gasteiger charge is -2.19. The third-order valence-corrected chi connectivity index (χ3v) is 7.31. The summed E-state index contributed by atoms with van der Waals surface area (Å²) >= 11 is 12.3. The summed E-state index contributed by atoms with van der Waals surface area (Å²) in [6, 6.07) is 4.97. The third-order valence-electron chi connectivity index (χ3n) is 2.26. The van der Waals surface area contributed by atoms with Crippen molar-refractivity contribution in [2.45, 2.75) is 13.8 Å². The van der Waals surface area contributed by atoms with Gasteiger partial charge in [0.1, 0.15) is 5.52 Å². The minimum Gasteiger partial charge on any atom is -0.407 e. The highest BCUT2D eigenvalue weighted by atomic mass is 35.5. The van der Waals surface area contributed by atoms with Gasteiger partial charge in [-0.25, -0.2) is 8.77 Å². The molecule has 0 atom stereocenters. The van der Waals surface area contributed by atoms with Crippen LogP contribution in [0.15, 0.2) is 27.4 Å². The topological polar surface area (TPSA) is 53.6 Å². The Morgan fingerprint density at radius 1 is 1.40 bits per heavy atom. The van der Waals surface area contributed by atoms with E-state index in [9.17, 15) is 4.79 Å². The van der Waals surface area contributed by atoms with Gasteiger partial charge in [0.15, 0.2) is 5.58 Å². The molecule has 0 unspecified atom stereocenters. The van der Waals surface area contributed by atoms with Crippen LogP contribution in [-0.4, -0.2) is 17.2 Å². The zero-order valence-electron chi connectivity index (χ0n) is 10.9. The van der Waals surface area contributed by atoms with Crippen molar-refractivity contribution in [2.75, 3.05) is 13.2 Å². The van der Waals surface area contributed by atoms with E-state index in [0.717, 1.165) is 11.6 Å². The molecule has 0 fully saturated rings. The number of fused-ring (bicyclic) bond motifs is 1. The quantitative estimate of drug-likeness (QED) is 0.730. The predicted octanol–water partition coefficient (Wildman–Crippen LogP) is 4.04. The van der Waals surface area contributed by atoms with Gasteiger partial charge in [0.2, 0.25) is 0 Å². The second-order valence-corrected chi connectivity index (χ2v) is 10.1. The number of hydrogen-bond donors (Lipinski definition) is 0. The van der Waals surface area contributed by atoms with Crippen LogP contribution in [0.1, 0.15) is 13.8 Å². The molecule has 0 aliphatic rings. The predicted molar refractivity (Wildman–Crippen MR) is 86.0 cm³/mol. The maximum atomic E-state index is 11.9. The van der Waals surface area contributed by atoms with Gasteiger partial charge in [-0.15, -0.1) is 0 Å². The number of hydrogen-bond acceptors (Lipinski definition) is 6. The Kier molecular flexibility index (Phi) is 5.34. The summed E-state index contributed by atoms with van der Waals surface area (Å²) in [5.41, 5.74) is -1.63. The van der Waals surface area contributed by atoms with Crippen LogP contribution in [-0.2, 0) is 20.9 Å². The summed E-state index contributed by atoms with van der Waals surface area (Å²) in [6.07, 6.45) is 0. The van der Waals surface area contributed by atoms with E-state index < -0.39 is 11.4 Å². The van der Waals surface area contributed by atoms with E-state index in [1.165, 1.54) is 3.97 Å². The van der Waals surface area contributed by atoms with Gasteiger partial charge in [-0.2, -0.15) is 0 Å². The van der Waals surface area contributed by atoms with E-state index in [1.54, 1.807) is 18.2 Å². The largest absolute Gasteiger partial charge is 0.430 e. The molecule has 0 N–H and O–H groups in total. The van der Waals surface area contributed by atoms with E-state index in [-0.39, 0.29) is 0 Å². The highest BCUT2D eigenvalue weighted by Gasteiger charge is 2.24. The second-order valence-electron chi connectivity index (χ2n) is 3.64. The normalized spacial score (nSPS) is 12.2. The van der Waals surface area contributed by atoms with Gasteiger partial charge in [-0.3, -0.25) is 0 Å². The molecule has 0 spiro atoms. The lowest BCUT2D eigenvalue weighted by Crippen LogP contribution is -2.08. The fraction of sp³-hybridized carbons (Fsp3) is 0.364. The van der Waals surface area contributed by atoms with Crippen molar-refractivity contribution < 1.29 is 13.5 Å². The Bertz CT molecular complexity index is 704. The molecule has 110 valence electrons. The molecule has 9 heteroatoms. The van der Waals surface area contributed by atoms with E-state index >= 15 is 0 Å². The highest BCUT2D eigenvalue weighted by molar-refractivity contribution is 8.67. The fourth-order valence-corrected chi connectivity index (χ4v) is 6.27. The average molecular weight is 354 g/mol. The van der Waals surface area contributed by atoms with Gasteiger partial charge in [-0.05, 0) is 37.8 Å². The molecule has 20 heavy (non-hydrogen) atoms. The van der Waals surface area contributed by atoms with E-state index in [4.69, 9.17) is 36.9 Å². The number of oxazole rings is 1. The number of halogens is 1. The van der Waals surface area contributed by atoms with E-state index in [1.807, 2.05) is 13.8 Å². The zero-order chi connectivity index (χ0) is 14.8. The maximum Gasteiger partial charge on any atom is 0.430 e. The SMILES string of the molecule is CCOP(=S)(OCC)Sn1c(=O)oc2cc(Cl)ccc21. The molecule has 1 heterocycles. The van der Waals surface area contributed by atoms with Crippen molar-refractivity contribution in [1.29, 1.82) is 0 Å². The summed E-state index contributed by atoms with van der Waals surface area (Å²) in [5, 5.41) is 0.498. The molecule has 0 aliphatic heterocycles. The van der Waals surface area contributed by atoms with Crippen LogP contribution in [0, 0.1) is 0 Å². The average Bonchev–Trinajstić information content (AvgIpc) is 2.65. The number of rotatable bonds is 6. The Morgan fingerprint density at radius 2 is 2.05 bits per heavy atom. The molecule has 0 radical (unpaired) electrons. The summed E-state index contributed by atoms with van der Waals surface area (Å²) < 4.78 is 17.5. The van der Waals surface area contributed by atoms with Crippen LogP contribution in [0.5, 0.6) is 0 Å². The van der Waals surface area contributed by atoms with Crippen molar-refractivity contribution in [3.63, 3.8) is 0 Å². The van der Waals surface area contributed by atoms with Crippen LogP contribution < -0.4 is 5.76 Å². The Labute approximate surface area is 130 Å². The highest BCUT2D eigenvalue weighted by Crippen LogP contribution is 2.61. The standard InChI is InChI=1S/C11H13ClNO4PS2/c1-3-15-18(19,16-4-2)20-13-9-6-5-8(12)7-10(9)17-11(13)14/h5-7H,3-4H2,1-2H3. The molecule has 0 amide bonds. The van der Waals surface area contributed by atoms with Crippen molar-refractivity contribution in [1.82, 2.24) is 3.97 Å². The summed E-state index contributed by atoms with van der Waals surface area (Å²) in [7, 11) is 0. The number of benzene rings is 1.